The molecule has 1 fully saturated rings. The molecule has 1 unspecified atom stereocenters. The first kappa shape index (κ1) is 7.95. The van der Waals surface area contributed by atoms with Crippen molar-refractivity contribution in [1.82, 2.24) is 10.3 Å². The molecule has 64 valence electrons. The normalized spacial score (nSPS) is 22.0. The maximum absolute atomic E-state index is 12.7. The first-order valence-electron chi connectivity index (χ1n) is 3.81. The van der Waals surface area contributed by atoms with E-state index in [1.807, 2.05) is 0 Å². The lowest BCUT2D eigenvalue weighted by molar-refractivity contribution is 0.381. The second kappa shape index (κ2) is 2.99. The lowest BCUT2D eigenvalue weighted by Crippen LogP contribution is -2.35. The minimum Gasteiger partial charge on any atom is -0.310 e. The fraction of sp³-hybridized carbons (Fsp3) is 0.375. The van der Waals surface area contributed by atoms with E-state index >= 15 is 0 Å². The van der Waals surface area contributed by atoms with Gasteiger partial charge in [0.1, 0.15) is 11.0 Å². The zero-order valence-electron chi connectivity index (χ0n) is 6.35. The Bertz CT molecular complexity index is 299. The maximum atomic E-state index is 12.7. The van der Waals surface area contributed by atoms with Gasteiger partial charge in [-0.15, -0.1) is 0 Å². The fourth-order valence-corrected chi connectivity index (χ4v) is 1.47. The van der Waals surface area contributed by atoms with E-state index in [-0.39, 0.29) is 11.9 Å². The number of nitrogens with one attached hydrogen (secondary N) is 1. The van der Waals surface area contributed by atoms with Crippen LogP contribution in [0.25, 0.3) is 0 Å². The van der Waals surface area contributed by atoms with Crippen LogP contribution >= 0.6 is 11.6 Å². The molecule has 1 aliphatic heterocycles. The molecule has 0 amide bonds. The highest BCUT2D eigenvalue weighted by Gasteiger charge is 2.21. The number of pyridine rings is 1. The number of hydrogen-bond donors (Lipinski definition) is 1. The van der Waals surface area contributed by atoms with Gasteiger partial charge in [0.2, 0.25) is 0 Å². The van der Waals surface area contributed by atoms with Gasteiger partial charge in [-0.25, -0.2) is 9.37 Å². The summed E-state index contributed by atoms with van der Waals surface area (Å²) in [4.78, 5) is 3.73. The Morgan fingerprint density at radius 3 is 3.00 bits per heavy atom. The highest BCUT2D eigenvalue weighted by atomic mass is 35.5. The van der Waals surface area contributed by atoms with Gasteiger partial charge in [-0.2, -0.15) is 0 Å². The van der Waals surface area contributed by atoms with Crippen molar-refractivity contribution in [3.8, 4) is 0 Å². The molecule has 1 saturated heterocycles. The van der Waals surface area contributed by atoms with Crippen LogP contribution in [0.3, 0.4) is 0 Å². The molecule has 0 aliphatic carbocycles. The molecule has 0 spiro atoms. The molecule has 0 radical (unpaired) electrons. The van der Waals surface area contributed by atoms with Crippen LogP contribution in [0.2, 0.25) is 5.15 Å². The number of nitrogens with zero attached hydrogens (tertiary/aromatic N) is 1. The van der Waals surface area contributed by atoms with E-state index in [2.05, 4.69) is 10.3 Å². The van der Waals surface area contributed by atoms with E-state index < -0.39 is 0 Å². The summed E-state index contributed by atoms with van der Waals surface area (Å²) in [7, 11) is 0. The molecule has 2 nitrogen and oxygen atoms in total. The number of hydrogen-bond acceptors (Lipinski definition) is 2. The van der Waals surface area contributed by atoms with Crippen LogP contribution in [-0.4, -0.2) is 11.5 Å². The van der Waals surface area contributed by atoms with Gasteiger partial charge in [0.25, 0.3) is 0 Å². The van der Waals surface area contributed by atoms with Crippen molar-refractivity contribution in [1.29, 1.82) is 0 Å². The number of rotatable bonds is 1. The first-order chi connectivity index (χ1) is 5.77. The van der Waals surface area contributed by atoms with Gasteiger partial charge < -0.3 is 5.32 Å². The molecule has 1 atom stereocenters. The van der Waals surface area contributed by atoms with E-state index in [1.54, 1.807) is 0 Å². The van der Waals surface area contributed by atoms with Crippen molar-refractivity contribution in [3.63, 3.8) is 0 Å². The third-order valence-electron chi connectivity index (χ3n) is 2.03. The summed E-state index contributed by atoms with van der Waals surface area (Å²) >= 11 is 5.79. The van der Waals surface area contributed by atoms with Crippen molar-refractivity contribution in [3.05, 3.63) is 28.8 Å². The van der Waals surface area contributed by atoms with Crippen LogP contribution in [-0.2, 0) is 0 Å². The predicted molar refractivity (Wildman–Crippen MR) is 44.6 cm³/mol. The maximum Gasteiger partial charge on any atom is 0.141 e. The molecule has 0 aromatic carbocycles. The second-order valence-electron chi connectivity index (χ2n) is 2.83. The minimum atomic E-state index is -0.330. The lowest BCUT2D eigenvalue weighted by atomic mass is 10.00. The lowest BCUT2D eigenvalue weighted by Gasteiger charge is -2.28. The average Bonchev–Trinajstić information content (AvgIpc) is 1.93. The standard InChI is InChI=1S/C8H8ClFN2/c9-8-6(7-1-2-11-7)3-5(10)4-12-8/h3-4,7,11H,1-2H2. The summed E-state index contributed by atoms with van der Waals surface area (Å²) in [5, 5.41) is 3.54. The topological polar surface area (TPSA) is 24.9 Å². The Morgan fingerprint density at radius 1 is 1.67 bits per heavy atom. The van der Waals surface area contributed by atoms with Crippen molar-refractivity contribution >= 4 is 11.6 Å². The summed E-state index contributed by atoms with van der Waals surface area (Å²) in [6.45, 7) is 0.970. The Hall–Kier alpha value is -0.670. The molecule has 1 aromatic heterocycles. The van der Waals surface area contributed by atoms with Crippen molar-refractivity contribution in [2.75, 3.05) is 6.54 Å². The predicted octanol–water partition coefficient (Wildman–Crippen LogP) is 1.91. The summed E-state index contributed by atoms with van der Waals surface area (Å²) in [6, 6.07) is 1.63. The van der Waals surface area contributed by atoms with Gasteiger partial charge in [0, 0.05) is 11.6 Å². The highest BCUT2D eigenvalue weighted by Crippen LogP contribution is 2.27. The van der Waals surface area contributed by atoms with Crippen LogP contribution in [0.1, 0.15) is 18.0 Å². The Morgan fingerprint density at radius 2 is 2.42 bits per heavy atom. The average molecular weight is 187 g/mol. The van der Waals surface area contributed by atoms with E-state index in [0.717, 1.165) is 24.7 Å². The Balaban J connectivity index is 2.34. The van der Waals surface area contributed by atoms with Crippen molar-refractivity contribution < 1.29 is 4.39 Å². The number of aromatic nitrogens is 1. The van der Waals surface area contributed by atoms with Crippen molar-refractivity contribution in [2.45, 2.75) is 12.5 Å². The van der Waals surface area contributed by atoms with Crippen LogP contribution < -0.4 is 5.32 Å². The summed E-state index contributed by atoms with van der Waals surface area (Å²) in [5.41, 5.74) is 0.767. The largest absolute Gasteiger partial charge is 0.310 e. The van der Waals surface area contributed by atoms with Gasteiger partial charge in [0.15, 0.2) is 0 Å². The summed E-state index contributed by atoms with van der Waals surface area (Å²) < 4.78 is 12.7. The second-order valence-corrected chi connectivity index (χ2v) is 3.19. The van der Waals surface area contributed by atoms with E-state index in [4.69, 9.17) is 11.6 Å². The monoisotopic (exact) mass is 186 g/mol. The van der Waals surface area contributed by atoms with Crippen LogP contribution in [0.5, 0.6) is 0 Å². The van der Waals surface area contributed by atoms with Crippen LogP contribution in [0.15, 0.2) is 12.3 Å². The van der Waals surface area contributed by atoms with Gasteiger partial charge in [0.05, 0.1) is 6.20 Å². The zero-order valence-corrected chi connectivity index (χ0v) is 7.11. The molecule has 1 aliphatic rings. The first-order valence-corrected chi connectivity index (χ1v) is 4.19. The van der Waals surface area contributed by atoms with Crippen LogP contribution in [0, 0.1) is 5.82 Å². The third-order valence-corrected chi connectivity index (χ3v) is 2.35. The minimum absolute atomic E-state index is 0.195. The molecule has 2 rings (SSSR count). The molecule has 1 N–H and O–H groups in total. The summed E-state index contributed by atoms with van der Waals surface area (Å²) in [5.74, 6) is -0.330. The summed E-state index contributed by atoms with van der Waals surface area (Å²) in [6.07, 6.45) is 2.13. The molecule has 0 bridgehead atoms. The molecule has 2 heterocycles. The zero-order chi connectivity index (χ0) is 8.55. The third kappa shape index (κ3) is 1.30. The highest BCUT2D eigenvalue weighted by molar-refractivity contribution is 6.30. The fourth-order valence-electron chi connectivity index (χ4n) is 1.24. The quantitative estimate of drug-likeness (QED) is 0.678. The Kier molecular flexibility index (Phi) is 1.98. The Labute approximate surface area is 74.8 Å². The van der Waals surface area contributed by atoms with Crippen LogP contribution in [0.4, 0.5) is 4.39 Å². The molecular formula is C8H8ClFN2. The molecule has 0 saturated carbocycles. The smallest absolute Gasteiger partial charge is 0.141 e. The SMILES string of the molecule is Fc1cnc(Cl)c(C2CCN2)c1. The molecule has 1 aromatic rings. The van der Waals surface area contributed by atoms with E-state index in [9.17, 15) is 4.39 Å². The molecule has 12 heavy (non-hydrogen) atoms. The number of halogens is 2. The van der Waals surface area contributed by atoms with Crippen molar-refractivity contribution in [2.24, 2.45) is 0 Å². The van der Waals surface area contributed by atoms with Gasteiger partial charge >= 0.3 is 0 Å². The van der Waals surface area contributed by atoms with Gasteiger partial charge in [-0.3, -0.25) is 0 Å². The van der Waals surface area contributed by atoms with Gasteiger partial charge in [-0.05, 0) is 19.0 Å². The molecule has 4 heteroatoms. The van der Waals surface area contributed by atoms with E-state index in [0.29, 0.717) is 5.15 Å². The van der Waals surface area contributed by atoms with Gasteiger partial charge in [-0.1, -0.05) is 11.6 Å². The molecular weight excluding hydrogens is 179 g/mol. The van der Waals surface area contributed by atoms with E-state index in [1.165, 1.54) is 6.07 Å².